The van der Waals surface area contributed by atoms with Gasteiger partial charge in [-0.05, 0) is 31.0 Å². The second-order valence-corrected chi connectivity index (χ2v) is 8.43. The molecule has 1 saturated heterocycles. The fourth-order valence-electron chi connectivity index (χ4n) is 4.21. The van der Waals surface area contributed by atoms with Gasteiger partial charge in [-0.2, -0.15) is 0 Å². The molecule has 12 heteroatoms. The van der Waals surface area contributed by atoms with E-state index < -0.39 is 17.4 Å². The van der Waals surface area contributed by atoms with Gasteiger partial charge in [0.15, 0.2) is 5.65 Å². The zero-order valence-corrected chi connectivity index (χ0v) is 18.1. The third-order valence-corrected chi connectivity index (χ3v) is 6.08. The predicted octanol–water partition coefficient (Wildman–Crippen LogP) is 1.33. The average molecular weight is 464 g/mol. The number of pyridine rings is 2. The van der Waals surface area contributed by atoms with Crippen molar-refractivity contribution in [2.24, 2.45) is 0 Å². The largest absolute Gasteiger partial charge is 0.378 e. The third kappa shape index (κ3) is 3.65. The summed E-state index contributed by atoms with van der Waals surface area (Å²) in [6.07, 6.45) is 4.65. The summed E-state index contributed by atoms with van der Waals surface area (Å²) in [4.78, 5) is 37.1. The normalized spacial score (nSPS) is 16.3. The third-order valence-electron chi connectivity index (χ3n) is 6.08. The van der Waals surface area contributed by atoms with Gasteiger partial charge in [0.05, 0.1) is 36.8 Å². The van der Waals surface area contributed by atoms with E-state index in [0.29, 0.717) is 48.8 Å². The quantitative estimate of drug-likeness (QED) is 0.470. The first kappa shape index (κ1) is 20.7. The molecule has 1 saturated carbocycles. The molecule has 4 aromatic rings. The van der Waals surface area contributed by atoms with Crippen LogP contribution in [0.1, 0.15) is 24.6 Å². The fraction of sp³-hybridized carbons (Fsp3) is 0.364. The van der Waals surface area contributed by atoms with Crippen molar-refractivity contribution < 1.29 is 13.9 Å². The number of hydrogen-bond acceptors (Lipinski definition) is 8. The molecule has 1 N–H and O–H groups in total. The number of amides is 1. The summed E-state index contributed by atoms with van der Waals surface area (Å²) in [5.41, 5.74) is 1.78. The number of carbonyl (C=O) groups excluding carboxylic acids is 1. The Hall–Kier alpha value is -3.93. The lowest BCUT2D eigenvalue weighted by atomic mass is 10.2. The van der Waals surface area contributed by atoms with Gasteiger partial charge in [-0.25, -0.2) is 23.6 Å². The van der Waals surface area contributed by atoms with Crippen LogP contribution in [0.2, 0.25) is 0 Å². The minimum atomic E-state index is -0.507. The van der Waals surface area contributed by atoms with E-state index in [1.165, 1.54) is 21.1 Å². The Balaban J connectivity index is 1.46. The molecule has 4 aromatic heterocycles. The van der Waals surface area contributed by atoms with Crippen LogP contribution in [0.3, 0.4) is 0 Å². The van der Waals surface area contributed by atoms with Gasteiger partial charge in [0, 0.05) is 19.0 Å². The minimum absolute atomic E-state index is 0.179. The van der Waals surface area contributed by atoms with Gasteiger partial charge in [-0.3, -0.25) is 9.36 Å². The number of ether oxygens (including phenoxy) is 1. The van der Waals surface area contributed by atoms with E-state index >= 15 is 0 Å². The van der Waals surface area contributed by atoms with E-state index in [0.717, 1.165) is 24.7 Å². The number of rotatable bonds is 5. The molecule has 174 valence electrons. The van der Waals surface area contributed by atoms with Gasteiger partial charge in [-0.1, -0.05) is 0 Å². The Labute approximate surface area is 192 Å². The second kappa shape index (κ2) is 8.13. The highest BCUT2D eigenvalue weighted by Gasteiger charge is 2.31. The zero-order chi connectivity index (χ0) is 23.2. The van der Waals surface area contributed by atoms with Crippen LogP contribution in [-0.4, -0.2) is 61.3 Å². The molecular weight excluding hydrogens is 443 g/mol. The summed E-state index contributed by atoms with van der Waals surface area (Å²) in [5.74, 6) is -0.0130. The maximum absolute atomic E-state index is 13.6. The van der Waals surface area contributed by atoms with Crippen LogP contribution >= 0.6 is 0 Å². The van der Waals surface area contributed by atoms with Crippen molar-refractivity contribution in [2.75, 3.05) is 36.5 Å². The number of nitrogens with one attached hydrogen (secondary N) is 1. The minimum Gasteiger partial charge on any atom is -0.378 e. The number of halogens is 1. The highest BCUT2D eigenvalue weighted by molar-refractivity contribution is 5.93. The number of fused-ring (bicyclic) bond motifs is 3. The highest BCUT2D eigenvalue weighted by Crippen LogP contribution is 2.39. The summed E-state index contributed by atoms with van der Waals surface area (Å²) in [5, 5.41) is 11.1. The summed E-state index contributed by atoms with van der Waals surface area (Å²) >= 11 is 0. The van der Waals surface area contributed by atoms with Crippen LogP contribution < -0.4 is 15.9 Å². The number of hydrogen-bond donors (Lipinski definition) is 1. The van der Waals surface area contributed by atoms with Crippen molar-refractivity contribution in [3.8, 4) is 0 Å². The van der Waals surface area contributed by atoms with E-state index in [-0.39, 0.29) is 18.3 Å². The molecular formula is C22H21FN8O3. The first-order chi connectivity index (χ1) is 16.6. The number of carbonyl (C=O) groups is 1. The molecule has 5 heterocycles. The van der Waals surface area contributed by atoms with E-state index in [9.17, 15) is 14.0 Å². The van der Waals surface area contributed by atoms with Gasteiger partial charge < -0.3 is 15.0 Å². The summed E-state index contributed by atoms with van der Waals surface area (Å²) in [7, 11) is 0. The van der Waals surface area contributed by atoms with Crippen LogP contribution in [-0.2, 0) is 16.1 Å². The van der Waals surface area contributed by atoms with Crippen LogP contribution in [0.15, 0.2) is 35.4 Å². The van der Waals surface area contributed by atoms with Crippen LogP contribution in [0, 0.1) is 5.82 Å². The Morgan fingerprint density at radius 2 is 1.97 bits per heavy atom. The molecule has 0 spiro atoms. The van der Waals surface area contributed by atoms with Crippen molar-refractivity contribution in [3.05, 3.63) is 52.7 Å². The van der Waals surface area contributed by atoms with Gasteiger partial charge in [0.1, 0.15) is 29.5 Å². The van der Waals surface area contributed by atoms with Gasteiger partial charge in [0.25, 0.3) is 0 Å². The monoisotopic (exact) mass is 464 g/mol. The van der Waals surface area contributed by atoms with Crippen LogP contribution in [0.4, 0.5) is 15.9 Å². The Bertz CT molecular complexity index is 1460. The maximum Gasteiger partial charge on any atom is 0.336 e. The topological polar surface area (TPSA) is 120 Å². The lowest BCUT2D eigenvalue weighted by Gasteiger charge is -2.28. The smallest absolute Gasteiger partial charge is 0.336 e. The Morgan fingerprint density at radius 1 is 1.15 bits per heavy atom. The number of morpholine rings is 1. The molecule has 2 aliphatic rings. The van der Waals surface area contributed by atoms with Gasteiger partial charge in [0.2, 0.25) is 5.91 Å². The highest BCUT2D eigenvalue weighted by atomic mass is 19.1. The molecule has 1 aliphatic carbocycles. The average Bonchev–Trinajstić information content (AvgIpc) is 3.61. The Kier molecular flexibility index (Phi) is 4.94. The van der Waals surface area contributed by atoms with Crippen molar-refractivity contribution in [2.45, 2.75) is 25.3 Å². The van der Waals surface area contributed by atoms with E-state index in [1.54, 1.807) is 6.20 Å². The lowest BCUT2D eigenvalue weighted by molar-refractivity contribution is -0.116. The first-order valence-corrected chi connectivity index (χ1v) is 11.1. The number of aromatic nitrogens is 6. The standard InChI is InChI=1S/C22H21FN8O3/c23-14-3-4-17(24-10-14)26-18(32)12-30-16-9-15(29-5-7-34-8-6-29)11-25-19(16)21-28-27-20(13-1-2-13)31(21)22(30)33/h3-4,9-11,13H,1-2,5-8,12H2,(H,24,26,32). The summed E-state index contributed by atoms with van der Waals surface area (Å²) < 4.78 is 21.4. The molecule has 0 unspecified atom stereocenters. The fourth-order valence-corrected chi connectivity index (χ4v) is 4.21. The van der Waals surface area contributed by atoms with E-state index in [2.05, 4.69) is 30.4 Å². The molecule has 34 heavy (non-hydrogen) atoms. The zero-order valence-electron chi connectivity index (χ0n) is 18.1. The molecule has 6 rings (SSSR count). The molecule has 0 atom stereocenters. The molecule has 11 nitrogen and oxygen atoms in total. The van der Waals surface area contributed by atoms with Gasteiger partial charge in [-0.15, -0.1) is 10.2 Å². The summed E-state index contributed by atoms with van der Waals surface area (Å²) in [6.45, 7) is 2.33. The molecule has 0 aromatic carbocycles. The molecule has 0 bridgehead atoms. The SMILES string of the molecule is O=C(Cn1c(=O)n2c(C3CC3)nnc2c2ncc(N3CCOCC3)cc21)Nc1ccc(F)cn1. The van der Waals surface area contributed by atoms with E-state index in [1.807, 2.05) is 6.07 Å². The van der Waals surface area contributed by atoms with Crippen molar-refractivity contribution in [1.82, 2.24) is 29.1 Å². The lowest BCUT2D eigenvalue weighted by Crippen LogP contribution is -2.36. The van der Waals surface area contributed by atoms with Gasteiger partial charge >= 0.3 is 5.69 Å². The summed E-state index contributed by atoms with van der Waals surface area (Å²) in [6, 6.07) is 4.41. The van der Waals surface area contributed by atoms with Crippen LogP contribution in [0.25, 0.3) is 16.7 Å². The molecule has 1 aliphatic heterocycles. The van der Waals surface area contributed by atoms with Crippen molar-refractivity contribution in [3.63, 3.8) is 0 Å². The molecule has 1 amide bonds. The molecule has 2 fully saturated rings. The maximum atomic E-state index is 13.6. The predicted molar refractivity (Wildman–Crippen MR) is 120 cm³/mol. The number of nitrogens with zero attached hydrogens (tertiary/aromatic N) is 7. The first-order valence-electron chi connectivity index (χ1n) is 11.1. The van der Waals surface area contributed by atoms with Crippen LogP contribution in [0.5, 0.6) is 0 Å². The van der Waals surface area contributed by atoms with Crippen molar-refractivity contribution >= 4 is 34.1 Å². The van der Waals surface area contributed by atoms with E-state index in [4.69, 9.17) is 4.74 Å². The molecule has 0 radical (unpaired) electrons. The number of anilines is 2. The Morgan fingerprint density at radius 3 is 2.71 bits per heavy atom. The second-order valence-electron chi connectivity index (χ2n) is 8.43. The van der Waals surface area contributed by atoms with Crippen molar-refractivity contribution in [1.29, 1.82) is 0 Å².